The average Bonchev–Trinajstić information content (AvgIpc) is 3.05. The Kier molecular flexibility index (Phi) is 11.5. The Balaban J connectivity index is 1.16. The van der Waals surface area contributed by atoms with Crippen LogP contribution < -0.4 is 9.47 Å². The van der Waals surface area contributed by atoms with Crippen LogP contribution in [0.5, 0.6) is 11.5 Å². The van der Waals surface area contributed by atoms with Crippen LogP contribution in [0.25, 0.3) is 10.9 Å². The summed E-state index contributed by atoms with van der Waals surface area (Å²) in [5.41, 5.74) is 3.50. The molecule has 0 radical (unpaired) electrons. The number of hydrogen-bond donors (Lipinski definition) is 0. The third-order valence-corrected chi connectivity index (χ3v) is 7.71. The summed E-state index contributed by atoms with van der Waals surface area (Å²) < 4.78 is 29.1. The number of carbonyl (C=O) groups excluding carboxylic acids is 1. The van der Waals surface area contributed by atoms with Crippen LogP contribution in [0.4, 0.5) is 4.79 Å². The third-order valence-electron chi connectivity index (χ3n) is 7.71. The Morgan fingerprint density at radius 2 is 1.78 bits per heavy atom. The molecule has 4 aromatic rings. The number of para-hydroxylation sites is 1. The lowest BCUT2D eigenvalue weighted by atomic mass is 9.87. The zero-order valence-electron chi connectivity index (χ0n) is 27.1. The van der Waals surface area contributed by atoms with Gasteiger partial charge in [-0.25, -0.2) is 4.79 Å². The first kappa shape index (κ1) is 33.2. The van der Waals surface area contributed by atoms with Gasteiger partial charge in [-0.1, -0.05) is 48.5 Å². The van der Waals surface area contributed by atoms with Crippen molar-refractivity contribution in [2.24, 2.45) is 0 Å². The van der Waals surface area contributed by atoms with Crippen molar-refractivity contribution in [2.45, 2.75) is 64.4 Å². The molecule has 46 heavy (non-hydrogen) atoms. The van der Waals surface area contributed by atoms with Gasteiger partial charge in [-0.3, -0.25) is 4.98 Å². The summed E-state index contributed by atoms with van der Waals surface area (Å²) in [5, 5.41) is 2.73. The van der Waals surface area contributed by atoms with E-state index in [1.807, 2.05) is 69.3 Å². The standard InChI is InChI=1S/C37H44N2O7/c1-37(2,3)45-36(40)46-39-20-18-32(35(24-39)44-25-27-12-13-29-10-7-19-38-33(29)23-27)28-14-16-31(17-15-28)43-22-8-21-42-26-30-9-5-6-11-34(30)41-4/h5-7,9-17,19,23,32,35H,8,18,20-22,24-26H2,1-4H3/t32-,35+/m1/s1. The number of ether oxygens (including phenoxy) is 5. The number of nitrogens with zero attached hydrogens (tertiary/aromatic N) is 2. The lowest BCUT2D eigenvalue weighted by molar-refractivity contribution is -0.179. The highest BCUT2D eigenvalue weighted by atomic mass is 16.8. The minimum atomic E-state index is -0.711. The molecule has 3 aromatic carbocycles. The number of benzene rings is 3. The molecule has 1 aromatic heterocycles. The van der Waals surface area contributed by atoms with E-state index in [4.69, 9.17) is 28.5 Å². The van der Waals surface area contributed by atoms with Crippen molar-refractivity contribution in [3.05, 3.63) is 102 Å². The SMILES string of the molecule is COc1ccccc1COCCCOc1ccc([C@H]2CCN(OC(=O)OC(C)(C)C)C[C@@H]2OCc2ccc3cccnc3c2)cc1. The Morgan fingerprint density at radius 3 is 2.59 bits per heavy atom. The minimum absolute atomic E-state index is 0.106. The number of hydrogen-bond acceptors (Lipinski definition) is 9. The quantitative estimate of drug-likeness (QED) is 0.111. The molecule has 9 heteroatoms. The molecule has 0 amide bonds. The van der Waals surface area contributed by atoms with Gasteiger partial charge >= 0.3 is 6.16 Å². The summed E-state index contributed by atoms with van der Waals surface area (Å²) in [4.78, 5) is 22.4. The highest BCUT2D eigenvalue weighted by Crippen LogP contribution is 2.33. The molecule has 5 rings (SSSR count). The Labute approximate surface area is 271 Å². The largest absolute Gasteiger partial charge is 0.528 e. The summed E-state index contributed by atoms with van der Waals surface area (Å²) >= 11 is 0. The van der Waals surface area contributed by atoms with Gasteiger partial charge in [0.25, 0.3) is 0 Å². The number of pyridine rings is 1. The first-order chi connectivity index (χ1) is 22.3. The van der Waals surface area contributed by atoms with Crippen LogP contribution in [0.1, 0.15) is 56.2 Å². The monoisotopic (exact) mass is 628 g/mol. The van der Waals surface area contributed by atoms with Crippen molar-refractivity contribution in [3.63, 3.8) is 0 Å². The highest BCUT2D eigenvalue weighted by Gasteiger charge is 2.34. The van der Waals surface area contributed by atoms with E-state index in [0.29, 0.717) is 39.5 Å². The van der Waals surface area contributed by atoms with Gasteiger partial charge in [-0.15, -0.1) is 5.06 Å². The van der Waals surface area contributed by atoms with E-state index in [1.54, 1.807) is 18.4 Å². The number of piperidine rings is 1. The predicted molar refractivity (Wildman–Crippen MR) is 176 cm³/mol. The van der Waals surface area contributed by atoms with Crippen molar-refractivity contribution in [2.75, 3.05) is 33.4 Å². The molecule has 1 aliphatic heterocycles. The maximum atomic E-state index is 12.4. The van der Waals surface area contributed by atoms with Crippen LogP contribution in [-0.4, -0.2) is 61.3 Å². The van der Waals surface area contributed by atoms with E-state index in [-0.39, 0.29) is 12.0 Å². The lowest BCUT2D eigenvalue weighted by Crippen LogP contribution is -2.45. The van der Waals surface area contributed by atoms with E-state index < -0.39 is 11.8 Å². The average molecular weight is 629 g/mol. The van der Waals surface area contributed by atoms with Gasteiger partial charge in [0.15, 0.2) is 0 Å². The molecular weight excluding hydrogens is 584 g/mol. The molecule has 1 fully saturated rings. The van der Waals surface area contributed by atoms with Crippen molar-refractivity contribution in [1.29, 1.82) is 0 Å². The molecule has 244 valence electrons. The van der Waals surface area contributed by atoms with E-state index >= 15 is 0 Å². The van der Waals surface area contributed by atoms with Crippen molar-refractivity contribution in [3.8, 4) is 11.5 Å². The second-order valence-electron chi connectivity index (χ2n) is 12.4. The fraction of sp³-hybridized carbons (Fsp3) is 0.405. The first-order valence-electron chi connectivity index (χ1n) is 15.8. The molecule has 0 bridgehead atoms. The van der Waals surface area contributed by atoms with E-state index in [9.17, 15) is 4.79 Å². The number of carbonyl (C=O) groups is 1. The summed E-state index contributed by atoms with van der Waals surface area (Å²) in [6, 6.07) is 26.2. The van der Waals surface area contributed by atoms with E-state index in [2.05, 4.69) is 35.3 Å². The van der Waals surface area contributed by atoms with Crippen LogP contribution in [0, 0.1) is 0 Å². The molecule has 2 atom stereocenters. The van der Waals surface area contributed by atoms with Crippen molar-refractivity contribution >= 4 is 17.1 Å². The number of hydroxylamine groups is 2. The molecule has 9 nitrogen and oxygen atoms in total. The lowest BCUT2D eigenvalue weighted by Gasteiger charge is -2.37. The third kappa shape index (κ3) is 9.66. The zero-order chi connectivity index (χ0) is 32.4. The van der Waals surface area contributed by atoms with Crippen LogP contribution in [0.3, 0.4) is 0 Å². The van der Waals surface area contributed by atoms with Crippen LogP contribution in [-0.2, 0) is 32.3 Å². The fourth-order valence-electron chi connectivity index (χ4n) is 5.47. The topological polar surface area (TPSA) is 88.6 Å². The maximum Gasteiger partial charge on any atom is 0.528 e. The molecule has 0 aliphatic carbocycles. The molecule has 0 saturated carbocycles. The van der Waals surface area contributed by atoms with Gasteiger partial charge in [0.1, 0.15) is 17.1 Å². The summed E-state index contributed by atoms with van der Waals surface area (Å²) in [7, 11) is 1.67. The van der Waals surface area contributed by atoms with Gasteiger partial charge in [-0.2, -0.15) is 0 Å². The van der Waals surface area contributed by atoms with Crippen LogP contribution >= 0.6 is 0 Å². The smallest absolute Gasteiger partial charge is 0.496 e. The molecule has 2 heterocycles. The second-order valence-corrected chi connectivity index (χ2v) is 12.4. The Bertz CT molecular complexity index is 1550. The van der Waals surface area contributed by atoms with Crippen LogP contribution in [0.15, 0.2) is 85.1 Å². The Morgan fingerprint density at radius 1 is 0.957 bits per heavy atom. The summed E-state index contributed by atoms with van der Waals surface area (Å²) in [6.45, 7) is 8.49. The minimum Gasteiger partial charge on any atom is -0.496 e. The van der Waals surface area contributed by atoms with Gasteiger partial charge in [0.2, 0.25) is 0 Å². The zero-order valence-corrected chi connectivity index (χ0v) is 27.1. The normalized spacial score (nSPS) is 17.0. The predicted octanol–water partition coefficient (Wildman–Crippen LogP) is 7.47. The molecule has 0 spiro atoms. The Hall–Kier alpha value is -4.18. The molecule has 0 unspecified atom stereocenters. The molecule has 0 N–H and O–H groups in total. The van der Waals surface area contributed by atoms with Gasteiger partial charge in [-0.05, 0) is 68.7 Å². The molecule has 1 aliphatic rings. The number of fused-ring (bicyclic) bond motifs is 1. The first-order valence-corrected chi connectivity index (χ1v) is 15.8. The fourth-order valence-corrected chi connectivity index (χ4v) is 5.47. The van der Waals surface area contributed by atoms with Gasteiger partial charge in [0, 0.05) is 36.0 Å². The second kappa shape index (κ2) is 15.9. The molecular formula is C37H44N2O7. The van der Waals surface area contributed by atoms with E-state index in [0.717, 1.165) is 51.9 Å². The number of rotatable bonds is 13. The van der Waals surface area contributed by atoms with Gasteiger partial charge in [0.05, 0.1) is 51.7 Å². The number of methoxy groups -OCH3 is 1. The highest BCUT2D eigenvalue weighted by molar-refractivity contribution is 5.78. The van der Waals surface area contributed by atoms with Crippen molar-refractivity contribution < 1.29 is 33.3 Å². The maximum absolute atomic E-state index is 12.4. The number of aromatic nitrogens is 1. The van der Waals surface area contributed by atoms with Crippen LogP contribution in [0.2, 0.25) is 0 Å². The van der Waals surface area contributed by atoms with E-state index in [1.165, 1.54) is 0 Å². The summed E-state index contributed by atoms with van der Waals surface area (Å²) in [6.07, 6.45) is 2.38. The van der Waals surface area contributed by atoms with Crippen molar-refractivity contribution in [1.82, 2.24) is 10.0 Å². The summed E-state index contributed by atoms with van der Waals surface area (Å²) in [5.74, 6) is 1.74. The molecule has 1 saturated heterocycles. The van der Waals surface area contributed by atoms with Gasteiger partial charge < -0.3 is 28.5 Å².